The summed E-state index contributed by atoms with van der Waals surface area (Å²) in [6, 6.07) is 6.33. The van der Waals surface area contributed by atoms with Crippen LogP contribution in [0.25, 0.3) is 0 Å². The van der Waals surface area contributed by atoms with Gasteiger partial charge in [0.1, 0.15) is 5.75 Å². The Bertz CT molecular complexity index is 553. The molecule has 146 valence electrons. The van der Waals surface area contributed by atoms with Crippen LogP contribution in [0.4, 0.5) is 0 Å². The van der Waals surface area contributed by atoms with Crippen LogP contribution in [0.15, 0.2) is 23.2 Å². The molecule has 2 N–H and O–H groups in total. The predicted molar refractivity (Wildman–Crippen MR) is 110 cm³/mol. The summed E-state index contributed by atoms with van der Waals surface area (Å²) in [5.41, 5.74) is 2.50. The Balaban J connectivity index is 1.71. The van der Waals surface area contributed by atoms with Gasteiger partial charge in [0.25, 0.3) is 0 Å². The van der Waals surface area contributed by atoms with Gasteiger partial charge in [0.2, 0.25) is 0 Å². The van der Waals surface area contributed by atoms with Crippen molar-refractivity contribution in [3.8, 4) is 5.75 Å². The van der Waals surface area contributed by atoms with E-state index in [1.54, 1.807) is 7.11 Å². The molecule has 0 unspecified atom stereocenters. The van der Waals surface area contributed by atoms with Crippen LogP contribution >= 0.6 is 0 Å². The molecule has 0 bridgehead atoms. The van der Waals surface area contributed by atoms with Gasteiger partial charge in [-0.05, 0) is 77.2 Å². The highest BCUT2D eigenvalue weighted by Gasteiger charge is 2.10. The molecule has 1 aliphatic rings. The Morgan fingerprint density at radius 1 is 1.19 bits per heavy atom. The minimum atomic E-state index is 0.847. The topological polar surface area (TPSA) is 48.9 Å². The SMILES string of the molecule is CCNC(=NCCCCN1CCCC1)NCCc1cc(C)ccc1OC. The van der Waals surface area contributed by atoms with Gasteiger partial charge in [0.05, 0.1) is 7.11 Å². The van der Waals surface area contributed by atoms with E-state index in [0.717, 1.165) is 44.2 Å². The lowest BCUT2D eigenvalue weighted by molar-refractivity contribution is 0.331. The van der Waals surface area contributed by atoms with Crippen molar-refractivity contribution in [2.45, 2.75) is 46.0 Å². The molecule has 5 nitrogen and oxygen atoms in total. The second kappa shape index (κ2) is 11.8. The summed E-state index contributed by atoms with van der Waals surface area (Å²) in [7, 11) is 1.73. The summed E-state index contributed by atoms with van der Waals surface area (Å²) >= 11 is 0. The number of aryl methyl sites for hydroxylation is 1. The van der Waals surface area contributed by atoms with Gasteiger partial charge < -0.3 is 20.3 Å². The molecule has 0 saturated carbocycles. The Morgan fingerprint density at radius 2 is 2.00 bits per heavy atom. The van der Waals surface area contributed by atoms with Crippen molar-refractivity contribution < 1.29 is 4.74 Å². The number of aliphatic imine (C=N–C) groups is 1. The molecule has 26 heavy (non-hydrogen) atoms. The Morgan fingerprint density at radius 3 is 2.73 bits per heavy atom. The highest BCUT2D eigenvalue weighted by atomic mass is 16.5. The van der Waals surface area contributed by atoms with E-state index in [0.29, 0.717) is 0 Å². The zero-order valence-electron chi connectivity index (χ0n) is 16.8. The van der Waals surface area contributed by atoms with Crippen LogP contribution in [-0.2, 0) is 6.42 Å². The molecule has 1 fully saturated rings. The van der Waals surface area contributed by atoms with Crippen LogP contribution in [0, 0.1) is 6.92 Å². The minimum absolute atomic E-state index is 0.847. The molecule has 0 aliphatic carbocycles. The first kappa shape index (κ1) is 20.6. The van der Waals surface area contributed by atoms with Gasteiger partial charge in [0, 0.05) is 19.6 Å². The van der Waals surface area contributed by atoms with E-state index in [1.165, 1.54) is 50.0 Å². The molecule has 1 heterocycles. The van der Waals surface area contributed by atoms with Gasteiger partial charge in [-0.1, -0.05) is 17.7 Å². The van der Waals surface area contributed by atoms with Crippen LogP contribution < -0.4 is 15.4 Å². The van der Waals surface area contributed by atoms with E-state index >= 15 is 0 Å². The number of nitrogens with zero attached hydrogens (tertiary/aromatic N) is 2. The lowest BCUT2D eigenvalue weighted by Gasteiger charge is -2.14. The summed E-state index contributed by atoms with van der Waals surface area (Å²) in [6.07, 6.45) is 6.06. The highest BCUT2D eigenvalue weighted by molar-refractivity contribution is 5.79. The molecule has 2 rings (SSSR count). The summed E-state index contributed by atoms with van der Waals surface area (Å²) in [5.74, 6) is 1.88. The first-order chi connectivity index (χ1) is 12.7. The number of benzene rings is 1. The third kappa shape index (κ3) is 7.24. The van der Waals surface area contributed by atoms with E-state index in [9.17, 15) is 0 Å². The van der Waals surface area contributed by atoms with E-state index in [1.807, 2.05) is 6.07 Å². The fourth-order valence-electron chi connectivity index (χ4n) is 3.40. The second-order valence-electron chi connectivity index (χ2n) is 7.01. The lowest BCUT2D eigenvalue weighted by atomic mass is 10.1. The third-order valence-electron chi connectivity index (χ3n) is 4.82. The number of likely N-dealkylation sites (tertiary alicyclic amines) is 1. The van der Waals surface area contributed by atoms with Gasteiger partial charge in [0.15, 0.2) is 5.96 Å². The number of guanidine groups is 1. The number of hydrogen-bond donors (Lipinski definition) is 2. The smallest absolute Gasteiger partial charge is 0.191 e. The Labute approximate surface area is 159 Å². The molecule has 1 aromatic carbocycles. The molecule has 1 aliphatic heterocycles. The number of unbranched alkanes of at least 4 members (excludes halogenated alkanes) is 1. The van der Waals surface area contributed by atoms with Crippen molar-refractivity contribution >= 4 is 5.96 Å². The van der Waals surface area contributed by atoms with E-state index in [4.69, 9.17) is 9.73 Å². The van der Waals surface area contributed by atoms with Crippen LogP contribution in [0.5, 0.6) is 5.75 Å². The van der Waals surface area contributed by atoms with Gasteiger partial charge in [-0.15, -0.1) is 0 Å². The average Bonchev–Trinajstić information content (AvgIpc) is 3.15. The summed E-state index contributed by atoms with van der Waals surface area (Å²) in [4.78, 5) is 7.29. The van der Waals surface area contributed by atoms with Crippen molar-refractivity contribution in [1.82, 2.24) is 15.5 Å². The van der Waals surface area contributed by atoms with Crippen molar-refractivity contribution in [2.24, 2.45) is 4.99 Å². The summed E-state index contributed by atoms with van der Waals surface area (Å²) < 4.78 is 5.46. The molecular weight excluding hydrogens is 324 g/mol. The molecule has 1 aromatic rings. The molecule has 5 heteroatoms. The van der Waals surface area contributed by atoms with Crippen LogP contribution in [0.1, 0.15) is 43.7 Å². The van der Waals surface area contributed by atoms with Gasteiger partial charge in [-0.25, -0.2) is 0 Å². The molecule has 1 saturated heterocycles. The maximum atomic E-state index is 5.46. The quantitative estimate of drug-likeness (QED) is 0.383. The number of methoxy groups -OCH3 is 1. The maximum absolute atomic E-state index is 5.46. The molecule has 0 aromatic heterocycles. The number of nitrogens with one attached hydrogen (secondary N) is 2. The largest absolute Gasteiger partial charge is 0.496 e. The van der Waals surface area contributed by atoms with Crippen molar-refractivity contribution in [3.63, 3.8) is 0 Å². The van der Waals surface area contributed by atoms with Crippen molar-refractivity contribution in [2.75, 3.05) is 46.4 Å². The average molecular weight is 361 g/mol. The van der Waals surface area contributed by atoms with Gasteiger partial charge in [-0.2, -0.15) is 0 Å². The minimum Gasteiger partial charge on any atom is -0.496 e. The number of ether oxygens (including phenoxy) is 1. The zero-order valence-corrected chi connectivity index (χ0v) is 16.8. The fraction of sp³-hybridized carbons (Fsp3) is 0.667. The van der Waals surface area contributed by atoms with E-state index in [2.05, 4.69) is 41.5 Å². The monoisotopic (exact) mass is 360 g/mol. The first-order valence-corrected chi connectivity index (χ1v) is 10.1. The van der Waals surface area contributed by atoms with E-state index in [-0.39, 0.29) is 0 Å². The Kier molecular flexibility index (Phi) is 9.32. The standard InChI is InChI=1S/C21H36N4O/c1-4-22-21(23-12-5-6-14-25-15-7-8-16-25)24-13-11-19-17-18(2)9-10-20(19)26-3/h9-10,17H,4-8,11-16H2,1-3H3,(H2,22,23,24). The second-order valence-corrected chi connectivity index (χ2v) is 7.01. The van der Waals surface area contributed by atoms with E-state index < -0.39 is 0 Å². The van der Waals surface area contributed by atoms with Crippen molar-refractivity contribution in [3.05, 3.63) is 29.3 Å². The lowest BCUT2D eigenvalue weighted by Crippen LogP contribution is -2.38. The summed E-state index contributed by atoms with van der Waals surface area (Å²) in [5, 5.41) is 6.78. The number of hydrogen-bond acceptors (Lipinski definition) is 3. The zero-order chi connectivity index (χ0) is 18.6. The van der Waals surface area contributed by atoms with Gasteiger partial charge in [-0.3, -0.25) is 4.99 Å². The van der Waals surface area contributed by atoms with Crippen molar-refractivity contribution in [1.29, 1.82) is 0 Å². The predicted octanol–water partition coefficient (Wildman–Crippen LogP) is 2.98. The molecule has 0 amide bonds. The van der Waals surface area contributed by atoms with Crippen LogP contribution in [0.2, 0.25) is 0 Å². The van der Waals surface area contributed by atoms with Crippen LogP contribution in [-0.4, -0.2) is 57.2 Å². The number of rotatable bonds is 10. The normalized spacial score (nSPS) is 15.3. The maximum Gasteiger partial charge on any atom is 0.191 e. The molecular formula is C21H36N4O. The Hall–Kier alpha value is -1.75. The molecule has 0 atom stereocenters. The fourth-order valence-corrected chi connectivity index (χ4v) is 3.40. The van der Waals surface area contributed by atoms with Gasteiger partial charge >= 0.3 is 0 Å². The molecule has 0 radical (unpaired) electrons. The van der Waals surface area contributed by atoms with Crippen LogP contribution in [0.3, 0.4) is 0 Å². The summed E-state index contributed by atoms with van der Waals surface area (Å²) in [6.45, 7) is 10.6. The third-order valence-corrected chi connectivity index (χ3v) is 4.82. The highest BCUT2D eigenvalue weighted by Crippen LogP contribution is 2.19. The first-order valence-electron chi connectivity index (χ1n) is 10.1. The molecule has 0 spiro atoms.